The van der Waals surface area contributed by atoms with E-state index in [1.54, 1.807) is 4.90 Å². The number of pyridine rings is 1. The molecule has 2 unspecified atom stereocenters. The third-order valence-electron chi connectivity index (χ3n) is 7.40. The van der Waals surface area contributed by atoms with Crippen LogP contribution in [0.4, 0.5) is 8.78 Å². The Labute approximate surface area is 186 Å². The minimum absolute atomic E-state index is 0.0440. The largest absolute Gasteiger partial charge is 0.503 e. The van der Waals surface area contributed by atoms with Gasteiger partial charge in [0.05, 0.1) is 18.7 Å². The molecule has 2 bridgehead atoms. The summed E-state index contributed by atoms with van der Waals surface area (Å²) < 4.78 is 34.8. The molecule has 33 heavy (non-hydrogen) atoms. The van der Waals surface area contributed by atoms with Crippen molar-refractivity contribution in [1.29, 1.82) is 0 Å². The van der Waals surface area contributed by atoms with Gasteiger partial charge in [-0.3, -0.25) is 14.4 Å². The lowest BCUT2D eigenvalue weighted by molar-refractivity contribution is -0.144. The maximum atomic E-state index is 14.1. The van der Waals surface area contributed by atoms with Gasteiger partial charge in [0.2, 0.25) is 5.43 Å². The number of aromatic nitrogens is 1. The van der Waals surface area contributed by atoms with E-state index in [1.807, 2.05) is 0 Å². The van der Waals surface area contributed by atoms with Gasteiger partial charge in [0.15, 0.2) is 17.7 Å². The highest BCUT2D eigenvalue weighted by Gasteiger charge is 2.63. The standard InChI is InChI=1S/C23H21F2N3O5/c1-9(11-3-2-10(24)4-15(11)25)26-22(31)14-7-27-8-18-28(23(32)19(27)21(30)20(14)29)16-6-17(33-18)13-5-12(13)16/h2-4,7,9,12-13,16-18,30H,5-6,8H2,1H3,(H,26,31)/t9-,12+,13-,16?,17?,18+/m1/s1. The van der Waals surface area contributed by atoms with Gasteiger partial charge in [0, 0.05) is 23.9 Å². The SMILES string of the molecule is C[C@@H](NC(=O)c1cn2c(c(O)c1=O)C(=O)N1C3CC(O[C@H]1C2)[C@@H]1C[C@H]31)c1ccc(F)cc1F. The van der Waals surface area contributed by atoms with Gasteiger partial charge in [0.1, 0.15) is 17.2 Å². The van der Waals surface area contributed by atoms with Crippen LogP contribution in [-0.2, 0) is 11.3 Å². The summed E-state index contributed by atoms with van der Waals surface area (Å²) in [6.45, 7) is 1.67. The Morgan fingerprint density at radius 1 is 1.24 bits per heavy atom. The van der Waals surface area contributed by atoms with Crippen molar-refractivity contribution in [1.82, 2.24) is 14.8 Å². The maximum absolute atomic E-state index is 14.1. The summed E-state index contributed by atoms with van der Waals surface area (Å²) in [6.07, 6.45) is 2.61. The molecule has 8 nitrogen and oxygen atoms in total. The van der Waals surface area contributed by atoms with Gasteiger partial charge < -0.3 is 24.6 Å². The van der Waals surface area contributed by atoms with Crippen molar-refractivity contribution in [3.8, 4) is 5.75 Å². The second-order valence-electron chi connectivity index (χ2n) is 9.29. The minimum Gasteiger partial charge on any atom is -0.503 e. The molecule has 3 heterocycles. The molecular formula is C23H21F2N3O5. The fourth-order valence-corrected chi connectivity index (χ4v) is 5.74. The molecule has 2 saturated carbocycles. The monoisotopic (exact) mass is 457 g/mol. The lowest BCUT2D eigenvalue weighted by atomic mass is 10.0. The van der Waals surface area contributed by atoms with E-state index in [0.29, 0.717) is 17.9 Å². The van der Waals surface area contributed by atoms with Crippen molar-refractivity contribution < 1.29 is 28.2 Å². The van der Waals surface area contributed by atoms with Gasteiger partial charge in [-0.05, 0) is 37.7 Å². The first kappa shape index (κ1) is 20.3. The van der Waals surface area contributed by atoms with Crippen molar-refractivity contribution in [2.45, 2.75) is 50.7 Å². The number of carbonyl (C=O) groups excluding carboxylic acids is 2. The Hall–Kier alpha value is -3.27. The number of nitrogens with zero attached hydrogens (tertiary/aromatic N) is 2. The van der Waals surface area contributed by atoms with E-state index in [-0.39, 0.29) is 35.5 Å². The summed E-state index contributed by atoms with van der Waals surface area (Å²) in [5.41, 5.74) is -1.48. The summed E-state index contributed by atoms with van der Waals surface area (Å²) in [6, 6.07) is 2.15. The Bertz CT molecular complexity index is 1280. The fraction of sp³-hybridized carbons (Fsp3) is 0.435. The number of ether oxygens (including phenoxy) is 1. The molecule has 2 amide bonds. The lowest BCUT2D eigenvalue weighted by Crippen LogP contribution is -2.58. The van der Waals surface area contributed by atoms with Gasteiger partial charge in [-0.15, -0.1) is 0 Å². The molecule has 2 aliphatic carbocycles. The Balaban J connectivity index is 1.31. The number of fused-ring (bicyclic) bond motifs is 8. The lowest BCUT2D eigenvalue weighted by Gasteiger charge is -2.45. The van der Waals surface area contributed by atoms with Crippen LogP contribution in [0.5, 0.6) is 5.75 Å². The van der Waals surface area contributed by atoms with Crippen LogP contribution in [0.1, 0.15) is 52.2 Å². The minimum atomic E-state index is -0.983. The summed E-state index contributed by atoms with van der Waals surface area (Å²) >= 11 is 0. The van der Waals surface area contributed by atoms with E-state index in [4.69, 9.17) is 4.74 Å². The molecule has 2 N–H and O–H groups in total. The van der Waals surface area contributed by atoms with E-state index >= 15 is 0 Å². The van der Waals surface area contributed by atoms with E-state index in [9.17, 15) is 28.3 Å². The third-order valence-corrected chi connectivity index (χ3v) is 7.40. The smallest absolute Gasteiger partial charge is 0.276 e. The molecule has 0 spiro atoms. The van der Waals surface area contributed by atoms with Crippen LogP contribution >= 0.6 is 0 Å². The van der Waals surface area contributed by atoms with Gasteiger partial charge >= 0.3 is 0 Å². The summed E-state index contributed by atoms with van der Waals surface area (Å²) in [4.78, 5) is 40.5. The average Bonchev–Trinajstić information content (AvgIpc) is 3.51. The molecule has 1 aromatic carbocycles. The molecule has 3 fully saturated rings. The molecule has 0 radical (unpaired) electrons. The molecule has 4 aliphatic rings. The van der Waals surface area contributed by atoms with E-state index in [1.165, 1.54) is 23.8 Å². The summed E-state index contributed by atoms with van der Waals surface area (Å²) in [7, 11) is 0. The second kappa shape index (κ2) is 6.86. The first-order chi connectivity index (χ1) is 15.7. The van der Waals surface area contributed by atoms with E-state index in [2.05, 4.69) is 5.32 Å². The number of rotatable bonds is 3. The van der Waals surface area contributed by atoms with Crippen LogP contribution in [-0.4, -0.2) is 44.8 Å². The van der Waals surface area contributed by atoms with Gasteiger partial charge in [-0.2, -0.15) is 0 Å². The van der Waals surface area contributed by atoms with Gasteiger partial charge in [0.25, 0.3) is 11.8 Å². The molecule has 6 rings (SSSR count). The van der Waals surface area contributed by atoms with Crippen molar-refractivity contribution in [2.24, 2.45) is 11.8 Å². The summed E-state index contributed by atoms with van der Waals surface area (Å²) in [5, 5.41) is 13.1. The number of hydrogen-bond donors (Lipinski definition) is 2. The Morgan fingerprint density at radius 3 is 2.79 bits per heavy atom. The number of carbonyl (C=O) groups is 2. The summed E-state index contributed by atoms with van der Waals surface area (Å²) in [5.74, 6) is -2.84. The van der Waals surface area contributed by atoms with Crippen LogP contribution in [0.15, 0.2) is 29.2 Å². The van der Waals surface area contributed by atoms with Crippen molar-refractivity contribution in [3.05, 3.63) is 63.1 Å². The normalized spacial score (nSPS) is 29.7. The molecule has 2 aliphatic heterocycles. The topological polar surface area (TPSA) is 101 Å². The van der Waals surface area contributed by atoms with Crippen molar-refractivity contribution in [3.63, 3.8) is 0 Å². The zero-order chi connectivity index (χ0) is 23.2. The van der Waals surface area contributed by atoms with Crippen LogP contribution in [0.3, 0.4) is 0 Å². The highest BCUT2D eigenvalue weighted by Crippen LogP contribution is 2.58. The number of halogens is 2. The molecular weight excluding hydrogens is 436 g/mol. The number of amides is 2. The van der Waals surface area contributed by atoms with E-state index in [0.717, 1.165) is 18.9 Å². The van der Waals surface area contributed by atoms with Crippen LogP contribution in [0.25, 0.3) is 0 Å². The van der Waals surface area contributed by atoms with Crippen molar-refractivity contribution >= 4 is 11.8 Å². The predicted molar refractivity (Wildman–Crippen MR) is 109 cm³/mol. The third kappa shape index (κ3) is 2.93. The first-order valence-corrected chi connectivity index (χ1v) is 10.9. The van der Waals surface area contributed by atoms with Crippen LogP contribution in [0.2, 0.25) is 0 Å². The van der Waals surface area contributed by atoms with Gasteiger partial charge in [-0.1, -0.05) is 6.07 Å². The molecule has 1 saturated heterocycles. The molecule has 6 atom stereocenters. The number of aromatic hydroxyl groups is 1. The number of hydrogen-bond acceptors (Lipinski definition) is 5. The molecule has 2 aromatic rings. The number of nitrogens with one attached hydrogen (secondary N) is 1. The number of benzene rings is 1. The molecule has 172 valence electrons. The van der Waals surface area contributed by atoms with Crippen LogP contribution < -0.4 is 10.7 Å². The predicted octanol–water partition coefficient (Wildman–Crippen LogP) is 1.91. The molecule has 10 heteroatoms. The average molecular weight is 457 g/mol. The zero-order valence-corrected chi connectivity index (χ0v) is 17.6. The zero-order valence-electron chi connectivity index (χ0n) is 17.6. The highest BCUT2D eigenvalue weighted by atomic mass is 19.1. The van der Waals surface area contributed by atoms with Gasteiger partial charge in [-0.25, -0.2) is 8.78 Å². The van der Waals surface area contributed by atoms with Crippen LogP contribution in [0, 0.1) is 23.5 Å². The quantitative estimate of drug-likeness (QED) is 0.734. The van der Waals surface area contributed by atoms with Crippen molar-refractivity contribution in [2.75, 3.05) is 0 Å². The Kier molecular flexibility index (Phi) is 4.23. The Morgan fingerprint density at radius 2 is 2.03 bits per heavy atom. The van der Waals surface area contributed by atoms with E-state index < -0.39 is 46.9 Å². The molecule has 1 aromatic heterocycles. The fourth-order valence-electron chi connectivity index (χ4n) is 5.74. The second-order valence-corrected chi connectivity index (χ2v) is 9.29. The first-order valence-electron chi connectivity index (χ1n) is 10.9. The maximum Gasteiger partial charge on any atom is 0.276 e. The highest BCUT2D eigenvalue weighted by molar-refractivity contribution is 5.99.